The average molecular weight is 291 g/mol. The summed E-state index contributed by atoms with van der Waals surface area (Å²) in [6.45, 7) is 1.40. The van der Waals surface area contributed by atoms with Gasteiger partial charge in [0.15, 0.2) is 16.8 Å². The van der Waals surface area contributed by atoms with Gasteiger partial charge in [0.25, 0.3) is 0 Å². The predicted molar refractivity (Wildman–Crippen MR) is 62.2 cm³/mol. The normalized spacial score (nSPS) is 11.7. The zero-order chi connectivity index (χ0) is 14.2. The SMILES string of the molecule is Cc1nc(-c2ccc(C(F)(F)F)cc2)nc(Cl)c1F. The highest BCUT2D eigenvalue weighted by atomic mass is 35.5. The van der Waals surface area contributed by atoms with Crippen molar-refractivity contribution in [2.75, 3.05) is 0 Å². The molecule has 0 saturated carbocycles. The van der Waals surface area contributed by atoms with Crippen LogP contribution >= 0.6 is 11.6 Å². The number of aromatic nitrogens is 2. The van der Waals surface area contributed by atoms with Crippen LogP contribution < -0.4 is 0 Å². The molecule has 0 atom stereocenters. The summed E-state index contributed by atoms with van der Waals surface area (Å²) in [5.41, 5.74) is -0.408. The minimum Gasteiger partial charge on any atom is -0.230 e. The molecule has 0 amide bonds. The van der Waals surface area contributed by atoms with Crippen molar-refractivity contribution in [2.45, 2.75) is 13.1 Å². The van der Waals surface area contributed by atoms with Crippen LogP contribution in [0.2, 0.25) is 5.15 Å². The van der Waals surface area contributed by atoms with Gasteiger partial charge in [0.1, 0.15) is 0 Å². The van der Waals surface area contributed by atoms with Crippen LogP contribution in [0.25, 0.3) is 11.4 Å². The van der Waals surface area contributed by atoms with E-state index >= 15 is 0 Å². The zero-order valence-corrected chi connectivity index (χ0v) is 10.3. The number of aryl methyl sites for hydroxylation is 1. The molecule has 0 radical (unpaired) electrons. The van der Waals surface area contributed by atoms with Crippen LogP contribution in [-0.4, -0.2) is 9.97 Å². The number of hydrogen-bond acceptors (Lipinski definition) is 2. The van der Waals surface area contributed by atoms with Gasteiger partial charge in [-0.1, -0.05) is 23.7 Å². The molecular formula is C12H7ClF4N2. The third kappa shape index (κ3) is 2.84. The van der Waals surface area contributed by atoms with E-state index in [9.17, 15) is 17.6 Å². The molecule has 2 rings (SSSR count). The van der Waals surface area contributed by atoms with E-state index in [0.29, 0.717) is 5.56 Å². The summed E-state index contributed by atoms with van der Waals surface area (Å²) in [4.78, 5) is 7.54. The summed E-state index contributed by atoms with van der Waals surface area (Å²) in [5.74, 6) is -0.657. The van der Waals surface area contributed by atoms with Crippen molar-refractivity contribution in [3.63, 3.8) is 0 Å². The fourth-order valence-corrected chi connectivity index (χ4v) is 1.68. The molecule has 2 nitrogen and oxygen atoms in total. The van der Waals surface area contributed by atoms with E-state index in [0.717, 1.165) is 12.1 Å². The van der Waals surface area contributed by atoms with Crippen LogP contribution in [0.4, 0.5) is 17.6 Å². The number of alkyl halides is 3. The Labute approximate surface area is 111 Å². The molecule has 0 aliphatic rings. The summed E-state index contributed by atoms with van der Waals surface area (Å²) in [7, 11) is 0. The van der Waals surface area contributed by atoms with E-state index in [4.69, 9.17) is 11.6 Å². The van der Waals surface area contributed by atoms with Crippen LogP contribution in [0.5, 0.6) is 0 Å². The van der Waals surface area contributed by atoms with Gasteiger partial charge in [0.05, 0.1) is 11.3 Å². The van der Waals surface area contributed by atoms with Gasteiger partial charge in [0.2, 0.25) is 0 Å². The minimum absolute atomic E-state index is 0.0369. The second-order valence-electron chi connectivity index (χ2n) is 3.81. The number of hydrogen-bond donors (Lipinski definition) is 0. The second kappa shape index (κ2) is 4.77. The van der Waals surface area contributed by atoms with E-state index in [1.54, 1.807) is 0 Å². The largest absolute Gasteiger partial charge is 0.416 e. The maximum absolute atomic E-state index is 13.2. The molecule has 1 aromatic carbocycles. The number of nitrogens with zero attached hydrogens (tertiary/aromatic N) is 2. The Kier molecular flexibility index (Phi) is 3.45. The van der Waals surface area contributed by atoms with Crippen LogP contribution in [0.15, 0.2) is 24.3 Å². The fraction of sp³-hybridized carbons (Fsp3) is 0.167. The van der Waals surface area contributed by atoms with E-state index in [2.05, 4.69) is 9.97 Å². The first kappa shape index (κ1) is 13.7. The molecular weight excluding hydrogens is 284 g/mol. The molecule has 7 heteroatoms. The lowest BCUT2D eigenvalue weighted by Crippen LogP contribution is -2.04. The lowest BCUT2D eigenvalue weighted by atomic mass is 10.1. The van der Waals surface area contributed by atoms with E-state index in [1.165, 1.54) is 19.1 Å². The summed E-state index contributed by atoms with van der Waals surface area (Å²) >= 11 is 5.57. The summed E-state index contributed by atoms with van der Waals surface area (Å²) < 4.78 is 50.4. The van der Waals surface area contributed by atoms with Crippen LogP contribution in [-0.2, 0) is 6.18 Å². The predicted octanol–water partition coefficient (Wildman–Crippen LogP) is 4.26. The molecule has 0 bridgehead atoms. The smallest absolute Gasteiger partial charge is 0.230 e. The molecule has 0 spiro atoms. The maximum Gasteiger partial charge on any atom is 0.416 e. The standard InChI is InChI=1S/C12H7ClF4N2/c1-6-9(14)10(13)19-11(18-6)7-2-4-8(5-3-7)12(15,16)17/h2-5H,1H3. The molecule has 0 aliphatic carbocycles. The molecule has 0 saturated heterocycles. The van der Waals surface area contributed by atoms with Crippen LogP contribution in [0.1, 0.15) is 11.3 Å². The first-order chi connectivity index (χ1) is 8.79. The Balaban J connectivity index is 2.43. The average Bonchev–Trinajstić information content (AvgIpc) is 2.34. The molecule has 0 fully saturated rings. The summed E-state index contributed by atoms with van der Waals surface area (Å²) in [5, 5.41) is -0.359. The number of halogens is 5. The van der Waals surface area contributed by atoms with Gasteiger partial charge in [-0.15, -0.1) is 0 Å². The Morgan fingerprint density at radius 1 is 1.05 bits per heavy atom. The number of benzene rings is 1. The lowest BCUT2D eigenvalue weighted by molar-refractivity contribution is -0.137. The first-order valence-corrected chi connectivity index (χ1v) is 5.54. The van der Waals surface area contributed by atoms with E-state index in [1.807, 2.05) is 0 Å². The fourth-order valence-electron chi connectivity index (χ4n) is 1.46. The molecule has 100 valence electrons. The van der Waals surface area contributed by atoms with Crippen molar-refractivity contribution in [3.8, 4) is 11.4 Å². The van der Waals surface area contributed by atoms with Crippen molar-refractivity contribution in [2.24, 2.45) is 0 Å². The van der Waals surface area contributed by atoms with Gasteiger partial charge in [-0.05, 0) is 19.1 Å². The highest BCUT2D eigenvalue weighted by Crippen LogP contribution is 2.30. The van der Waals surface area contributed by atoms with E-state index < -0.39 is 17.6 Å². The van der Waals surface area contributed by atoms with Gasteiger partial charge in [-0.2, -0.15) is 13.2 Å². The molecule has 0 N–H and O–H groups in total. The third-order valence-corrected chi connectivity index (χ3v) is 2.70. The topological polar surface area (TPSA) is 25.8 Å². The Morgan fingerprint density at radius 3 is 2.11 bits per heavy atom. The quantitative estimate of drug-likeness (QED) is 0.579. The molecule has 1 heterocycles. The van der Waals surface area contributed by atoms with Crippen LogP contribution in [0.3, 0.4) is 0 Å². The molecule has 19 heavy (non-hydrogen) atoms. The molecule has 2 aromatic rings. The van der Waals surface area contributed by atoms with Crippen molar-refractivity contribution in [3.05, 3.63) is 46.5 Å². The lowest BCUT2D eigenvalue weighted by Gasteiger charge is -2.08. The Morgan fingerprint density at radius 2 is 1.63 bits per heavy atom. The maximum atomic E-state index is 13.2. The summed E-state index contributed by atoms with van der Waals surface area (Å²) in [6.07, 6.45) is -4.41. The highest BCUT2D eigenvalue weighted by molar-refractivity contribution is 6.29. The van der Waals surface area contributed by atoms with Gasteiger partial charge in [-0.25, -0.2) is 14.4 Å². The molecule has 1 aromatic heterocycles. The van der Waals surface area contributed by atoms with Gasteiger partial charge >= 0.3 is 6.18 Å². The highest BCUT2D eigenvalue weighted by Gasteiger charge is 2.30. The van der Waals surface area contributed by atoms with Gasteiger partial charge < -0.3 is 0 Å². The van der Waals surface area contributed by atoms with Crippen molar-refractivity contribution >= 4 is 11.6 Å². The van der Waals surface area contributed by atoms with Gasteiger partial charge in [0, 0.05) is 5.56 Å². The second-order valence-corrected chi connectivity index (χ2v) is 4.17. The van der Waals surface area contributed by atoms with Gasteiger partial charge in [-0.3, -0.25) is 0 Å². The Bertz CT molecular complexity index is 585. The molecule has 0 aliphatic heterocycles. The monoisotopic (exact) mass is 290 g/mol. The molecule has 0 unspecified atom stereocenters. The van der Waals surface area contributed by atoms with Crippen LogP contribution in [0, 0.1) is 12.7 Å². The third-order valence-electron chi connectivity index (χ3n) is 2.45. The summed E-state index contributed by atoms with van der Waals surface area (Å²) in [6, 6.07) is 4.24. The van der Waals surface area contributed by atoms with Crippen molar-refractivity contribution in [1.29, 1.82) is 0 Å². The Hall–Kier alpha value is -1.69. The minimum atomic E-state index is -4.41. The van der Waals surface area contributed by atoms with E-state index in [-0.39, 0.29) is 16.7 Å². The van der Waals surface area contributed by atoms with Crippen molar-refractivity contribution in [1.82, 2.24) is 9.97 Å². The number of rotatable bonds is 1. The van der Waals surface area contributed by atoms with Crippen molar-refractivity contribution < 1.29 is 17.6 Å². The first-order valence-electron chi connectivity index (χ1n) is 5.16. The zero-order valence-electron chi connectivity index (χ0n) is 9.59.